The van der Waals surface area contributed by atoms with Crippen LogP contribution < -0.4 is 5.32 Å². The maximum Gasteiger partial charge on any atom is 0.247 e. The molecule has 0 unspecified atom stereocenters. The molecule has 136 valence electrons. The van der Waals surface area contributed by atoms with Gasteiger partial charge in [0.05, 0.1) is 22.4 Å². The number of anilines is 1. The Hall–Kier alpha value is -2.19. The molecule has 26 heavy (non-hydrogen) atoms. The largest absolute Gasteiger partial charge is 0.306 e. The van der Waals surface area contributed by atoms with Gasteiger partial charge in [0.1, 0.15) is 17.4 Å². The highest BCUT2D eigenvalue weighted by molar-refractivity contribution is 9.10. The Morgan fingerprint density at radius 1 is 1.35 bits per heavy atom. The first-order valence-electron chi connectivity index (χ1n) is 7.80. The molecule has 0 atom stereocenters. The van der Waals surface area contributed by atoms with Crippen LogP contribution in [0.5, 0.6) is 0 Å². The zero-order valence-electron chi connectivity index (χ0n) is 14.1. The fraction of sp³-hybridized carbons (Fsp3) is 0.235. The van der Waals surface area contributed by atoms with Gasteiger partial charge < -0.3 is 5.32 Å². The van der Waals surface area contributed by atoms with Gasteiger partial charge >= 0.3 is 0 Å². The number of amides is 1. The first-order valence-corrected chi connectivity index (χ1v) is 8.97. The molecule has 0 spiro atoms. The van der Waals surface area contributed by atoms with Crippen molar-refractivity contribution in [1.82, 2.24) is 19.6 Å². The summed E-state index contributed by atoms with van der Waals surface area (Å²) in [6.45, 7) is 4.12. The molecule has 1 amide bonds. The second kappa shape index (κ2) is 7.59. The summed E-state index contributed by atoms with van der Waals surface area (Å²) < 4.78 is 17.3. The van der Waals surface area contributed by atoms with Gasteiger partial charge in [0, 0.05) is 6.20 Å². The molecule has 3 aromatic rings. The molecular formula is C17H16BrClFN5O. The average Bonchev–Trinajstić information content (AvgIpc) is 3.02. The number of nitrogens with one attached hydrogen (secondary N) is 1. The molecule has 0 aliphatic heterocycles. The smallest absolute Gasteiger partial charge is 0.247 e. The Morgan fingerprint density at radius 3 is 2.77 bits per heavy atom. The topological polar surface area (TPSA) is 64.7 Å². The van der Waals surface area contributed by atoms with Gasteiger partial charge in [-0.1, -0.05) is 23.7 Å². The molecule has 2 heterocycles. The number of carbonyl (C=O) groups excluding carboxylic acids is 1. The maximum atomic E-state index is 13.3. The summed E-state index contributed by atoms with van der Waals surface area (Å²) >= 11 is 9.58. The molecule has 0 aliphatic carbocycles. The highest BCUT2D eigenvalue weighted by atomic mass is 79.9. The zero-order valence-corrected chi connectivity index (χ0v) is 16.5. The fourth-order valence-corrected chi connectivity index (χ4v) is 3.00. The van der Waals surface area contributed by atoms with Crippen molar-refractivity contribution in [3.05, 3.63) is 62.7 Å². The minimum atomic E-state index is -0.315. The Bertz CT molecular complexity index is 968. The van der Waals surface area contributed by atoms with Crippen LogP contribution in [0.25, 0.3) is 0 Å². The molecule has 0 saturated carbocycles. The number of aromatic nitrogens is 4. The van der Waals surface area contributed by atoms with Gasteiger partial charge in [-0.15, -0.1) is 0 Å². The third-order valence-corrected chi connectivity index (χ3v) is 5.22. The van der Waals surface area contributed by atoms with E-state index >= 15 is 0 Å². The number of aryl methyl sites for hydroxylation is 1. The van der Waals surface area contributed by atoms with Gasteiger partial charge in [-0.05, 0) is 47.5 Å². The van der Waals surface area contributed by atoms with Gasteiger partial charge in [0.15, 0.2) is 5.82 Å². The standard InChI is InChI=1S/C17H16BrClFN5O/c1-10-16(18)11(2)25(22-10)9-15(26)21-17-14(19)8-24(23-17)7-12-4-3-5-13(20)6-12/h3-6,8H,7,9H2,1-2H3,(H,21,23,26). The average molecular weight is 441 g/mol. The highest BCUT2D eigenvalue weighted by Crippen LogP contribution is 2.22. The monoisotopic (exact) mass is 439 g/mol. The lowest BCUT2D eigenvalue weighted by molar-refractivity contribution is -0.117. The predicted octanol–water partition coefficient (Wildman–Crippen LogP) is 3.94. The first-order chi connectivity index (χ1) is 12.3. The zero-order chi connectivity index (χ0) is 18.8. The van der Waals surface area contributed by atoms with E-state index in [-0.39, 0.29) is 24.1 Å². The van der Waals surface area contributed by atoms with Crippen LogP contribution in [0.2, 0.25) is 5.02 Å². The maximum absolute atomic E-state index is 13.3. The SMILES string of the molecule is Cc1nn(CC(=O)Nc2nn(Cc3cccc(F)c3)cc2Cl)c(C)c1Br. The van der Waals surface area contributed by atoms with E-state index in [1.54, 1.807) is 27.7 Å². The summed E-state index contributed by atoms with van der Waals surface area (Å²) in [7, 11) is 0. The summed E-state index contributed by atoms with van der Waals surface area (Å²) in [6.07, 6.45) is 1.59. The van der Waals surface area contributed by atoms with E-state index in [4.69, 9.17) is 11.6 Å². The molecule has 0 aliphatic rings. The molecule has 3 rings (SSSR count). The summed E-state index contributed by atoms with van der Waals surface area (Å²) in [6, 6.07) is 6.22. The number of hydrogen-bond donors (Lipinski definition) is 1. The van der Waals surface area contributed by atoms with Crippen LogP contribution in [0.1, 0.15) is 17.0 Å². The molecule has 0 radical (unpaired) electrons. The van der Waals surface area contributed by atoms with Crippen LogP contribution in [0.4, 0.5) is 10.2 Å². The van der Waals surface area contributed by atoms with Crippen LogP contribution >= 0.6 is 27.5 Å². The molecule has 0 bridgehead atoms. The number of hydrogen-bond acceptors (Lipinski definition) is 3. The number of benzene rings is 1. The van der Waals surface area contributed by atoms with Gasteiger partial charge in [0.2, 0.25) is 5.91 Å². The fourth-order valence-electron chi connectivity index (χ4n) is 2.52. The van der Waals surface area contributed by atoms with Gasteiger partial charge in [-0.2, -0.15) is 10.2 Å². The van der Waals surface area contributed by atoms with Gasteiger partial charge in [-0.3, -0.25) is 14.2 Å². The Morgan fingerprint density at radius 2 is 2.12 bits per heavy atom. The van der Waals surface area contributed by atoms with Crippen molar-refractivity contribution in [1.29, 1.82) is 0 Å². The van der Waals surface area contributed by atoms with Crippen molar-refractivity contribution < 1.29 is 9.18 Å². The van der Waals surface area contributed by atoms with Gasteiger partial charge in [-0.25, -0.2) is 4.39 Å². The first kappa shape index (κ1) is 18.6. The second-order valence-corrected chi connectivity index (χ2v) is 7.04. The third-order valence-electron chi connectivity index (χ3n) is 3.80. The molecule has 2 aromatic heterocycles. The molecule has 1 aromatic carbocycles. The molecule has 6 nitrogen and oxygen atoms in total. The van der Waals surface area contributed by atoms with E-state index in [0.29, 0.717) is 11.6 Å². The van der Waals surface area contributed by atoms with Crippen LogP contribution in [0, 0.1) is 19.7 Å². The van der Waals surface area contributed by atoms with Crippen LogP contribution in [-0.4, -0.2) is 25.5 Å². The van der Waals surface area contributed by atoms with Crippen molar-refractivity contribution >= 4 is 39.3 Å². The third kappa shape index (κ3) is 4.13. The number of carbonyl (C=O) groups is 1. The van der Waals surface area contributed by atoms with Crippen LogP contribution in [0.15, 0.2) is 34.9 Å². The Labute approximate surface area is 163 Å². The minimum absolute atomic E-state index is 0.0470. The van der Waals surface area contributed by atoms with E-state index < -0.39 is 0 Å². The molecule has 9 heteroatoms. The normalized spacial score (nSPS) is 11.0. The quantitative estimate of drug-likeness (QED) is 0.653. The number of halogens is 3. The van der Waals surface area contributed by atoms with Crippen molar-refractivity contribution in [3.8, 4) is 0 Å². The number of nitrogens with zero attached hydrogens (tertiary/aromatic N) is 4. The summed E-state index contributed by atoms with van der Waals surface area (Å²) in [5, 5.41) is 11.5. The lowest BCUT2D eigenvalue weighted by Crippen LogP contribution is -2.21. The summed E-state index contributed by atoms with van der Waals surface area (Å²) in [5.41, 5.74) is 2.42. The molecule has 0 fully saturated rings. The van der Waals surface area contributed by atoms with E-state index in [9.17, 15) is 9.18 Å². The van der Waals surface area contributed by atoms with E-state index in [1.807, 2.05) is 13.8 Å². The second-order valence-electron chi connectivity index (χ2n) is 5.84. The molecular weight excluding hydrogens is 425 g/mol. The van der Waals surface area contributed by atoms with Crippen molar-refractivity contribution in [2.75, 3.05) is 5.32 Å². The van der Waals surface area contributed by atoms with E-state index in [2.05, 4.69) is 31.4 Å². The van der Waals surface area contributed by atoms with Crippen molar-refractivity contribution in [3.63, 3.8) is 0 Å². The minimum Gasteiger partial charge on any atom is -0.306 e. The lowest BCUT2D eigenvalue weighted by atomic mass is 10.2. The van der Waals surface area contributed by atoms with Gasteiger partial charge in [0.25, 0.3) is 0 Å². The van der Waals surface area contributed by atoms with Crippen molar-refractivity contribution in [2.24, 2.45) is 0 Å². The van der Waals surface area contributed by atoms with Crippen LogP contribution in [0.3, 0.4) is 0 Å². The Balaban J connectivity index is 1.69. The molecule has 1 N–H and O–H groups in total. The predicted molar refractivity (Wildman–Crippen MR) is 101 cm³/mol. The summed E-state index contributed by atoms with van der Waals surface area (Å²) in [5.74, 6) is -0.347. The lowest BCUT2D eigenvalue weighted by Gasteiger charge is -2.05. The number of rotatable bonds is 5. The highest BCUT2D eigenvalue weighted by Gasteiger charge is 2.15. The van der Waals surface area contributed by atoms with Crippen molar-refractivity contribution in [2.45, 2.75) is 26.9 Å². The Kier molecular flexibility index (Phi) is 5.43. The molecule has 0 saturated heterocycles. The summed E-state index contributed by atoms with van der Waals surface area (Å²) in [4.78, 5) is 12.3. The van der Waals surface area contributed by atoms with E-state index in [0.717, 1.165) is 21.4 Å². The van der Waals surface area contributed by atoms with Crippen LogP contribution in [-0.2, 0) is 17.9 Å². The van der Waals surface area contributed by atoms with E-state index in [1.165, 1.54) is 12.1 Å².